The maximum atomic E-state index is 13.0. The van der Waals surface area contributed by atoms with Crippen molar-refractivity contribution in [1.82, 2.24) is 0 Å². The molecule has 2 N–H and O–H groups in total. The third kappa shape index (κ3) is 3.94. The maximum Gasteiger partial charge on any atom is 0.417 e. The lowest BCUT2D eigenvalue weighted by molar-refractivity contribution is -0.138. The van der Waals surface area contributed by atoms with Gasteiger partial charge in [0.25, 0.3) is 0 Å². The maximum absolute atomic E-state index is 13.0. The minimum Gasteiger partial charge on any atom is -0.493 e. The predicted molar refractivity (Wildman–Crippen MR) is 77.3 cm³/mol. The molecule has 0 bridgehead atoms. The number of carbonyl (C=O) groups is 1. The highest BCUT2D eigenvalue weighted by molar-refractivity contribution is 5.95. The van der Waals surface area contributed by atoms with E-state index in [1.807, 2.05) is 6.07 Å². The monoisotopic (exact) mass is 325 g/mol. The molecule has 23 heavy (non-hydrogen) atoms. The summed E-state index contributed by atoms with van der Waals surface area (Å²) < 4.78 is 49.4. The number of hydrogen-bond donors (Lipinski definition) is 1. The highest BCUT2D eigenvalue weighted by Gasteiger charge is 2.36. The van der Waals surface area contributed by atoms with E-state index in [-0.39, 0.29) is 18.1 Å². The Bertz CT molecular complexity index is 700. The topological polar surface area (TPSA) is 61.5 Å². The number of amides is 1. The number of hydrogen-bond acceptors (Lipinski definition) is 3. The lowest BCUT2D eigenvalue weighted by Gasteiger charge is -2.16. The van der Waals surface area contributed by atoms with Crippen molar-refractivity contribution in [2.75, 3.05) is 7.11 Å². The van der Waals surface area contributed by atoms with E-state index in [2.05, 4.69) is 0 Å². The number of nitrogens with two attached hydrogens (primary N) is 1. The highest BCUT2D eigenvalue weighted by Crippen LogP contribution is 2.39. The van der Waals surface area contributed by atoms with Gasteiger partial charge in [0.05, 0.1) is 18.2 Å². The smallest absolute Gasteiger partial charge is 0.417 e. The predicted octanol–water partition coefficient (Wildman–Crippen LogP) is 3.39. The molecule has 7 heteroatoms. The average molecular weight is 325 g/mol. The molecule has 0 saturated carbocycles. The molecule has 0 aliphatic carbocycles. The van der Waals surface area contributed by atoms with E-state index in [0.717, 1.165) is 11.6 Å². The van der Waals surface area contributed by atoms with Gasteiger partial charge in [0.1, 0.15) is 6.61 Å². The molecule has 4 nitrogen and oxygen atoms in total. The summed E-state index contributed by atoms with van der Waals surface area (Å²) in [6.07, 6.45) is -4.73. The van der Waals surface area contributed by atoms with Gasteiger partial charge in [-0.15, -0.1) is 0 Å². The lowest BCUT2D eigenvalue weighted by atomic mass is 10.1. The van der Waals surface area contributed by atoms with Gasteiger partial charge in [-0.05, 0) is 17.7 Å². The van der Waals surface area contributed by atoms with Crippen LogP contribution in [-0.2, 0) is 12.8 Å². The molecule has 122 valence electrons. The van der Waals surface area contributed by atoms with E-state index in [1.165, 1.54) is 7.11 Å². The molecule has 0 spiro atoms. The molecule has 0 fully saturated rings. The standard InChI is InChI=1S/C16H14F3NO3/c1-22-13-8-12(16(17,18)19)11(15(20)21)7-14(13)23-9-10-5-3-2-4-6-10/h2-8H,9H2,1H3,(H2,20,21). The third-order valence-electron chi connectivity index (χ3n) is 3.11. The van der Waals surface area contributed by atoms with Gasteiger partial charge in [0.2, 0.25) is 5.91 Å². The van der Waals surface area contributed by atoms with Crippen molar-refractivity contribution in [2.24, 2.45) is 5.73 Å². The molecular weight excluding hydrogens is 311 g/mol. The fourth-order valence-corrected chi connectivity index (χ4v) is 2.01. The van der Waals surface area contributed by atoms with Gasteiger partial charge in [-0.25, -0.2) is 0 Å². The van der Waals surface area contributed by atoms with Gasteiger partial charge >= 0.3 is 6.18 Å². The van der Waals surface area contributed by atoms with Crippen molar-refractivity contribution in [1.29, 1.82) is 0 Å². The molecule has 2 rings (SSSR count). The molecular formula is C16H14F3NO3. The third-order valence-corrected chi connectivity index (χ3v) is 3.11. The molecule has 0 aromatic heterocycles. The van der Waals surface area contributed by atoms with E-state index in [1.54, 1.807) is 24.3 Å². The van der Waals surface area contributed by atoms with E-state index >= 15 is 0 Å². The first kappa shape index (κ1) is 16.7. The fourth-order valence-electron chi connectivity index (χ4n) is 2.01. The molecule has 0 heterocycles. The molecule has 0 aliphatic rings. The summed E-state index contributed by atoms with van der Waals surface area (Å²) in [5.41, 5.74) is 4.03. The zero-order valence-corrected chi connectivity index (χ0v) is 12.2. The quantitative estimate of drug-likeness (QED) is 0.916. The highest BCUT2D eigenvalue weighted by atomic mass is 19.4. The van der Waals surface area contributed by atoms with Crippen LogP contribution in [0.2, 0.25) is 0 Å². The van der Waals surface area contributed by atoms with Crippen molar-refractivity contribution in [2.45, 2.75) is 12.8 Å². The van der Waals surface area contributed by atoms with E-state index in [4.69, 9.17) is 15.2 Å². The van der Waals surface area contributed by atoms with Gasteiger partial charge in [0, 0.05) is 0 Å². The molecule has 2 aromatic carbocycles. The minimum absolute atomic E-state index is 0.0122. The molecule has 0 saturated heterocycles. The van der Waals surface area contributed by atoms with Crippen molar-refractivity contribution >= 4 is 5.91 Å². The second-order valence-electron chi connectivity index (χ2n) is 4.68. The van der Waals surface area contributed by atoms with Crippen LogP contribution in [0.5, 0.6) is 11.5 Å². The largest absolute Gasteiger partial charge is 0.493 e. The summed E-state index contributed by atoms with van der Waals surface area (Å²) in [7, 11) is 1.22. The Morgan fingerprint density at radius 3 is 2.30 bits per heavy atom. The van der Waals surface area contributed by atoms with Gasteiger partial charge in [-0.3, -0.25) is 4.79 Å². The summed E-state index contributed by atoms with van der Waals surface area (Å²) in [6, 6.07) is 10.7. The molecule has 0 atom stereocenters. The zero-order valence-electron chi connectivity index (χ0n) is 12.2. The number of rotatable bonds is 5. The molecule has 0 aliphatic heterocycles. The second-order valence-corrected chi connectivity index (χ2v) is 4.68. The van der Waals surface area contributed by atoms with Gasteiger partial charge in [-0.1, -0.05) is 30.3 Å². The Kier molecular flexibility index (Phi) is 4.78. The summed E-state index contributed by atoms with van der Waals surface area (Å²) in [4.78, 5) is 11.3. The van der Waals surface area contributed by atoms with Crippen LogP contribution in [-0.4, -0.2) is 13.0 Å². The van der Waals surface area contributed by atoms with Gasteiger partial charge in [0.15, 0.2) is 11.5 Å². The van der Waals surface area contributed by atoms with E-state index in [9.17, 15) is 18.0 Å². The zero-order chi connectivity index (χ0) is 17.0. The summed E-state index contributed by atoms with van der Waals surface area (Å²) in [5, 5.41) is 0. The Balaban J connectivity index is 2.39. The summed E-state index contributed by atoms with van der Waals surface area (Å²) in [5.74, 6) is -1.30. The SMILES string of the molecule is COc1cc(C(F)(F)F)c(C(N)=O)cc1OCc1ccccc1. The van der Waals surface area contributed by atoms with Crippen molar-refractivity contribution < 1.29 is 27.4 Å². The number of ether oxygens (including phenoxy) is 2. The van der Waals surface area contributed by atoms with Crippen LogP contribution in [0.3, 0.4) is 0 Å². The minimum atomic E-state index is -4.73. The Hall–Kier alpha value is -2.70. The van der Waals surface area contributed by atoms with Crippen molar-refractivity contribution in [3.63, 3.8) is 0 Å². The molecule has 0 unspecified atom stereocenters. The summed E-state index contributed by atoms with van der Waals surface area (Å²) in [6.45, 7) is 0.112. The average Bonchev–Trinajstić information content (AvgIpc) is 2.52. The van der Waals surface area contributed by atoms with Crippen LogP contribution in [0.1, 0.15) is 21.5 Å². The van der Waals surface area contributed by atoms with E-state index in [0.29, 0.717) is 6.07 Å². The normalized spacial score (nSPS) is 11.1. The van der Waals surface area contributed by atoms with Crippen LogP contribution in [0.25, 0.3) is 0 Å². The first-order valence-corrected chi connectivity index (χ1v) is 6.58. The number of benzene rings is 2. The molecule has 2 aromatic rings. The van der Waals surface area contributed by atoms with Crippen molar-refractivity contribution in [3.8, 4) is 11.5 Å². The van der Waals surface area contributed by atoms with Crippen molar-refractivity contribution in [3.05, 3.63) is 59.2 Å². The van der Waals surface area contributed by atoms with Crippen LogP contribution < -0.4 is 15.2 Å². The van der Waals surface area contributed by atoms with E-state index < -0.39 is 23.2 Å². The number of alkyl halides is 3. The van der Waals surface area contributed by atoms with Gasteiger partial charge < -0.3 is 15.2 Å². The molecule has 1 amide bonds. The van der Waals surface area contributed by atoms with Crippen LogP contribution in [0.4, 0.5) is 13.2 Å². The van der Waals surface area contributed by atoms with Crippen LogP contribution >= 0.6 is 0 Å². The van der Waals surface area contributed by atoms with Crippen LogP contribution in [0.15, 0.2) is 42.5 Å². The van der Waals surface area contributed by atoms with Gasteiger partial charge in [-0.2, -0.15) is 13.2 Å². The lowest BCUT2D eigenvalue weighted by Crippen LogP contribution is -2.19. The summed E-state index contributed by atoms with van der Waals surface area (Å²) >= 11 is 0. The number of halogens is 3. The number of methoxy groups -OCH3 is 1. The molecule has 0 radical (unpaired) electrons. The van der Waals surface area contributed by atoms with Crippen LogP contribution in [0, 0.1) is 0 Å². The Labute approximate surface area is 130 Å². The first-order chi connectivity index (χ1) is 10.8. The Morgan fingerprint density at radius 2 is 1.78 bits per heavy atom. The fraction of sp³-hybridized carbons (Fsp3) is 0.188. The second kappa shape index (κ2) is 6.60. The first-order valence-electron chi connectivity index (χ1n) is 6.58. The number of primary amides is 1. The Morgan fingerprint density at radius 1 is 1.13 bits per heavy atom. The number of carbonyl (C=O) groups excluding carboxylic acids is 1.